The van der Waals surface area contributed by atoms with Crippen LogP contribution < -0.4 is 15.1 Å². The van der Waals surface area contributed by atoms with Crippen LogP contribution in [0.4, 0.5) is 17.1 Å². The van der Waals surface area contributed by atoms with E-state index in [1.54, 1.807) is 11.8 Å². The molecule has 2 aromatic carbocycles. The third-order valence-corrected chi connectivity index (χ3v) is 5.53. The van der Waals surface area contributed by atoms with Crippen molar-refractivity contribution in [1.82, 2.24) is 0 Å². The van der Waals surface area contributed by atoms with E-state index in [-0.39, 0.29) is 17.2 Å². The summed E-state index contributed by atoms with van der Waals surface area (Å²) in [6.45, 7) is 1.82. The third-order valence-electron chi connectivity index (χ3n) is 4.31. The number of carbonyl (C=O) groups excluding carboxylic acids is 2. The number of rotatable bonds is 5. The van der Waals surface area contributed by atoms with E-state index < -0.39 is 0 Å². The zero-order valence-electron chi connectivity index (χ0n) is 15.2. The highest BCUT2D eigenvalue weighted by Gasteiger charge is 2.34. The molecule has 6 heteroatoms. The second-order valence-electron chi connectivity index (χ2n) is 6.36. The average molecular weight is 369 g/mol. The van der Waals surface area contributed by atoms with Crippen molar-refractivity contribution in [3.05, 3.63) is 54.1 Å². The molecule has 0 aromatic heterocycles. The van der Waals surface area contributed by atoms with Gasteiger partial charge in [0.1, 0.15) is 5.37 Å². The fraction of sp³-hybridized carbons (Fsp3) is 0.300. The molecule has 5 nitrogen and oxygen atoms in total. The first-order valence-corrected chi connectivity index (χ1v) is 9.65. The van der Waals surface area contributed by atoms with Crippen LogP contribution in [0.2, 0.25) is 0 Å². The van der Waals surface area contributed by atoms with Crippen LogP contribution >= 0.6 is 11.8 Å². The van der Waals surface area contributed by atoms with Crippen LogP contribution in [0.3, 0.4) is 0 Å². The topological polar surface area (TPSA) is 52.7 Å². The van der Waals surface area contributed by atoms with Crippen LogP contribution in [0, 0.1) is 0 Å². The minimum absolute atomic E-state index is 0.00854. The molecule has 0 aliphatic carbocycles. The zero-order valence-corrected chi connectivity index (χ0v) is 16.0. The number of hydrogen-bond donors (Lipinski definition) is 1. The summed E-state index contributed by atoms with van der Waals surface area (Å²) in [5.74, 6) is 0.570. The first-order valence-electron chi connectivity index (χ1n) is 8.60. The van der Waals surface area contributed by atoms with Crippen LogP contribution in [0.15, 0.2) is 48.5 Å². The number of nitrogens with zero attached hydrogens (tertiary/aromatic N) is 2. The van der Waals surface area contributed by atoms with Gasteiger partial charge in [-0.05, 0) is 42.0 Å². The Kier molecular flexibility index (Phi) is 5.52. The molecule has 1 aliphatic rings. The summed E-state index contributed by atoms with van der Waals surface area (Å²) in [4.78, 5) is 27.9. The maximum absolute atomic E-state index is 12.5. The van der Waals surface area contributed by atoms with Gasteiger partial charge in [-0.25, -0.2) is 0 Å². The van der Waals surface area contributed by atoms with Crippen molar-refractivity contribution in [3.63, 3.8) is 0 Å². The highest BCUT2D eigenvalue weighted by atomic mass is 32.2. The standard InChI is InChI=1S/C20H23N3O2S/c1-4-18(24)21-15-7-5-14(6-8-15)20-23(19(25)13-26-20)17-11-9-16(10-12-17)22(2)3/h5-12,20H,4,13H2,1-3H3,(H,21,24). The van der Waals surface area contributed by atoms with E-state index in [2.05, 4.69) is 5.32 Å². The number of carbonyl (C=O) groups is 2. The van der Waals surface area contributed by atoms with Crippen molar-refractivity contribution in [1.29, 1.82) is 0 Å². The number of hydrogen-bond acceptors (Lipinski definition) is 4. The Balaban J connectivity index is 1.82. The number of amides is 2. The van der Waals surface area contributed by atoms with Gasteiger partial charge in [0.25, 0.3) is 0 Å². The van der Waals surface area contributed by atoms with E-state index >= 15 is 0 Å². The summed E-state index contributed by atoms with van der Waals surface area (Å²) in [5, 5.41) is 2.79. The summed E-state index contributed by atoms with van der Waals surface area (Å²) in [5.41, 5.74) is 3.82. The Labute approximate surface area is 158 Å². The molecule has 1 saturated heterocycles. The predicted octanol–water partition coefficient (Wildman–Crippen LogP) is 3.88. The average Bonchev–Trinajstić information content (AvgIpc) is 3.03. The van der Waals surface area contributed by atoms with E-state index in [1.807, 2.05) is 79.3 Å². The molecule has 2 amide bonds. The molecule has 1 aliphatic heterocycles. The van der Waals surface area contributed by atoms with Crippen molar-refractivity contribution in [3.8, 4) is 0 Å². The van der Waals surface area contributed by atoms with Crippen LogP contribution in [0.25, 0.3) is 0 Å². The predicted molar refractivity (Wildman–Crippen MR) is 109 cm³/mol. The fourth-order valence-corrected chi connectivity index (χ4v) is 4.02. The lowest BCUT2D eigenvalue weighted by Gasteiger charge is -2.25. The molecular formula is C20H23N3O2S. The minimum atomic E-state index is -0.0522. The van der Waals surface area contributed by atoms with Crippen LogP contribution in [-0.2, 0) is 9.59 Å². The molecule has 0 bridgehead atoms. The van der Waals surface area contributed by atoms with Crippen molar-refractivity contribution in [2.45, 2.75) is 18.7 Å². The van der Waals surface area contributed by atoms with Crippen molar-refractivity contribution in [2.75, 3.05) is 35.0 Å². The van der Waals surface area contributed by atoms with Gasteiger partial charge in [0, 0.05) is 37.6 Å². The van der Waals surface area contributed by atoms with E-state index in [1.165, 1.54) is 0 Å². The summed E-state index contributed by atoms with van der Waals surface area (Å²) in [7, 11) is 3.99. The van der Waals surface area contributed by atoms with Crippen molar-refractivity contribution < 1.29 is 9.59 Å². The number of anilines is 3. The maximum atomic E-state index is 12.5. The number of benzene rings is 2. The van der Waals surface area contributed by atoms with Crippen molar-refractivity contribution in [2.24, 2.45) is 0 Å². The largest absolute Gasteiger partial charge is 0.378 e. The second-order valence-corrected chi connectivity index (χ2v) is 7.43. The Morgan fingerprint density at radius 2 is 1.81 bits per heavy atom. The minimum Gasteiger partial charge on any atom is -0.378 e. The molecule has 26 heavy (non-hydrogen) atoms. The van der Waals surface area contributed by atoms with Gasteiger partial charge in [0.05, 0.1) is 5.75 Å². The summed E-state index contributed by atoms with van der Waals surface area (Å²) in [6, 6.07) is 15.7. The van der Waals surface area contributed by atoms with Crippen LogP contribution in [0.5, 0.6) is 0 Å². The number of nitrogens with one attached hydrogen (secondary N) is 1. The van der Waals surface area contributed by atoms with Gasteiger partial charge in [-0.2, -0.15) is 0 Å². The Morgan fingerprint density at radius 1 is 1.15 bits per heavy atom. The van der Waals surface area contributed by atoms with Gasteiger partial charge >= 0.3 is 0 Å². The molecule has 1 fully saturated rings. The zero-order chi connectivity index (χ0) is 18.7. The Bertz CT molecular complexity index is 788. The molecule has 0 radical (unpaired) electrons. The molecule has 0 spiro atoms. The molecule has 1 N–H and O–H groups in total. The quantitative estimate of drug-likeness (QED) is 0.869. The first-order chi connectivity index (χ1) is 12.5. The summed E-state index contributed by atoms with van der Waals surface area (Å²) in [6.07, 6.45) is 0.450. The van der Waals surface area contributed by atoms with Gasteiger partial charge in [0.2, 0.25) is 11.8 Å². The van der Waals surface area contributed by atoms with Gasteiger partial charge in [-0.1, -0.05) is 19.1 Å². The lowest BCUT2D eigenvalue weighted by atomic mass is 10.1. The van der Waals surface area contributed by atoms with Crippen LogP contribution in [-0.4, -0.2) is 31.7 Å². The Hall–Kier alpha value is -2.47. The molecule has 0 saturated carbocycles. The van der Waals surface area contributed by atoms with E-state index in [9.17, 15) is 9.59 Å². The van der Waals surface area contributed by atoms with Crippen LogP contribution in [0.1, 0.15) is 24.3 Å². The first kappa shape index (κ1) is 18.3. The highest BCUT2D eigenvalue weighted by Crippen LogP contribution is 2.42. The highest BCUT2D eigenvalue weighted by molar-refractivity contribution is 8.00. The lowest BCUT2D eigenvalue weighted by Crippen LogP contribution is -2.27. The van der Waals surface area contributed by atoms with E-state index in [0.29, 0.717) is 12.2 Å². The lowest BCUT2D eigenvalue weighted by molar-refractivity contribution is -0.116. The van der Waals surface area contributed by atoms with E-state index in [4.69, 9.17) is 0 Å². The molecular weight excluding hydrogens is 346 g/mol. The SMILES string of the molecule is CCC(=O)Nc1ccc(C2SCC(=O)N2c2ccc(N(C)C)cc2)cc1. The van der Waals surface area contributed by atoms with Gasteiger partial charge in [-0.3, -0.25) is 14.5 Å². The van der Waals surface area contributed by atoms with Crippen molar-refractivity contribution >= 4 is 40.6 Å². The number of thioether (sulfide) groups is 1. The molecule has 3 rings (SSSR count). The molecule has 1 heterocycles. The smallest absolute Gasteiger partial charge is 0.238 e. The normalized spacial score (nSPS) is 16.7. The van der Waals surface area contributed by atoms with Gasteiger partial charge in [0.15, 0.2) is 0 Å². The summed E-state index contributed by atoms with van der Waals surface area (Å²) >= 11 is 1.62. The summed E-state index contributed by atoms with van der Waals surface area (Å²) < 4.78 is 0. The Morgan fingerprint density at radius 3 is 2.38 bits per heavy atom. The van der Waals surface area contributed by atoms with Gasteiger partial charge < -0.3 is 10.2 Å². The monoisotopic (exact) mass is 369 g/mol. The third kappa shape index (κ3) is 3.85. The molecule has 136 valence electrons. The van der Waals surface area contributed by atoms with E-state index in [0.717, 1.165) is 22.6 Å². The second kappa shape index (κ2) is 7.83. The molecule has 2 aromatic rings. The van der Waals surface area contributed by atoms with Gasteiger partial charge in [-0.15, -0.1) is 11.8 Å². The maximum Gasteiger partial charge on any atom is 0.238 e. The molecule has 1 unspecified atom stereocenters. The molecule has 1 atom stereocenters. The fourth-order valence-electron chi connectivity index (χ4n) is 2.84.